The zero-order chi connectivity index (χ0) is 6.48. The van der Waals surface area contributed by atoms with Gasteiger partial charge in [-0.25, -0.2) is 0 Å². The van der Waals surface area contributed by atoms with Gasteiger partial charge in [0, 0.05) is 5.03 Å². The Balaban J connectivity index is 2.45. The maximum absolute atomic E-state index is 6.06. The standard InChI is InChI=1S/C7H6Cl2/c8-6-3-5-1-2-7(6,9)4-5/h1-3,5H,4H2. The summed E-state index contributed by atoms with van der Waals surface area (Å²) in [6, 6.07) is 0. The van der Waals surface area contributed by atoms with Crippen LogP contribution in [0.15, 0.2) is 23.3 Å². The molecule has 0 nitrogen and oxygen atoms in total. The number of alkyl halides is 1. The maximum Gasteiger partial charge on any atom is 0.0986 e. The van der Waals surface area contributed by atoms with E-state index in [9.17, 15) is 0 Å². The second-order valence-corrected chi connectivity index (χ2v) is 3.69. The van der Waals surface area contributed by atoms with Gasteiger partial charge in [-0.15, -0.1) is 11.6 Å². The molecule has 0 aromatic carbocycles. The first-order chi connectivity index (χ1) is 4.21. The van der Waals surface area contributed by atoms with Crippen LogP contribution in [0.2, 0.25) is 0 Å². The molecule has 2 bridgehead atoms. The summed E-state index contributed by atoms with van der Waals surface area (Å²) >= 11 is 11.9. The van der Waals surface area contributed by atoms with Crippen molar-refractivity contribution in [1.29, 1.82) is 0 Å². The molecular formula is C7H6Cl2. The van der Waals surface area contributed by atoms with E-state index >= 15 is 0 Å². The van der Waals surface area contributed by atoms with Gasteiger partial charge in [0.05, 0.1) is 4.87 Å². The summed E-state index contributed by atoms with van der Waals surface area (Å²) in [6.07, 6.45) is 7.09. The average Bonchev–Trinajstić information content (AvgIpc) is 2.22. The van der Waals surface area contributed by atoms with Crippen molar-refractivity contribution in [3.05, 3.63) is 23.3 Å². The van der Waals surface area contributed by atoms with Crippen LogP contribution >= 0.6 is 23.2 Å². The lowest BCUT2D eigenvalue weighted by Gasteiger charge is -2.12. The van der Waals surface area contributed by atoms with Crippen LogP contribution in [0.25, 0.3) is 0 Å². The summed E-state index contributed by atoms with van der Waals surface area (Å²) in [5.74, 6) is 0.509. The number of hydrogen-bond acceptors (Lipinski definition) is 0. The molecule has 0 aliphatic heterocycles. The van der Waals surface area contributed by atoms with Gasteiger partial charge in [0.2, 0.25) is 0 Å². The second kappa shape index (κ2) is 1.56. The van der Waals surface area contributed by atoms with Gasteiger partial charge in [0.15, 0.2) is 0 Å². The Hall–Kier alpha value is 0.0600. The van der Waals surface area contributed by atoms with Gasteiger partial charge in [0.25, 0.3) is 0 Å². The van der Waals surface area contributed by atoms with Crippen molar-refractivity contribution in [2.45, 2.75) is 11.3 Å². The van der Waals surface area contributed by atoms with Crippen molar-refractivity contribution in [2.24, 2.45) is 5.92 Å². The van der Waals surface area contributed by atoms with Gasteiger partial charge in [-0.3, -0.25) is 0 Å². The molecule has 0 saturated carbocycles. The van der Waals surface area contributed by atoms with Crippen LogP contribution in [0.3, 0.4) is 0 Å². The highest BCUT2D eigenvalue weighted by atomic mass is 35.5. The Morgan fingerprint density at radius 1 is 1.67 bits per heavy atom. The summed E-state index contributed by atoms with van der Waals surface area (Å²) < 4.78 is 0. The third-order valence-electron chi connectivity index (χ3n) is 1.90. The van der Waals surface area contributed by atoms with E-state index in [0.717, 1.165) is 11.5 Å². The quantitative estimate of drug-likeness (QED) is 0.378. The molecule has 2 unspecified atom stereocenters. The van der Waals surface area contributed by atoms with E-state index < -0.39 is 0 Å². The zero-order valence-corrected chi connectivity index (χ0v) is 6.28. The molecule has 0 saturated heterocycles. The molecule has 9 heavy (non-hydrogen) atoms. The molecule has 0 aromatic heterocycles. The highest BCUT2D eigenvalue weighted by Gasteiger charge is 2.40. The fourth-order valence-electron chi connectivity index (χ4n) is 1.37. The second-order valence-electron chi connectivity index (χ2n) is 2.60. The first-order valence-corrected chi connectivity index (χ1v) is 3.72. The molecule has 0 N–H and O–H groups in total. The smallest absolute Gasteiger partial charge is 0.0986 e. The third-order valence-corrected chi connectivity index (χ3v) is 2.94. The van der Waals surface area contributed by atoms with Crippen LogP contribution < -0.4 is 0 Å². The monoisotopic (exact) mass is 160 g/mol. The summed E-state index contributed by atoms with van der Waals surface area (Å²) in [4.78, 5) is -0.313. The Labute approximate surface area is 64.1 Å². The van der Waals surface area contributed by atoms with Crippen molar-refractivity contribution in [3.63, 3.8) is 0 Å². The maximum atomic E-state index is 6.06. The van der Waals surface area contributed by atoms with Gasteiger partial charge < -0.3 is 0 Å². The average molecular weight is 161 g/mol. The van der Waals surface area contributed by atoms with Gasteiger partial charge in [-0.1, -0.05) is 29.8 Å². The highest BCUT2D eigenvalue weighted by molar-refractivity contribution is 6.41. The largest absolute Gasteiger partial charge is 0.109 e. The number of fused-ring (bicyclic) bond motifs is 2. The lowest BCUT2D eigenvalue weighted by molar-refractivity contribution is 0.754. The minimum absolute atomic E-state index is 0.313. The van der Waals surface area contributed by atoms with E-state index in [1.165, 1.54) is 0 Å². The van der Waals surface area contributed by atoms with Crippen LogP contribution in [0.5, 0.6) is 0 Å². The number of halogens is 2. The molecule has 48 valence electrons. The Morgan fingerprint density at radius 2 is 2.44 bits per heavy atom. The minimum atomic E-state index is -0.313. The van der Waals surface area contributed by atoms with Crippen LogP contribution in [0, 0.1) is 5.92 Å². The predicted octanol–water partition coefficient (Wildman–Crippen LogP) is 2.68. The molecule has 0 amide bonds. The van der Waals surface area contributed by atoms with Crippen molar-refractivity contribution in [1.82, 2.24) is 0 Å². The van der Waals surface area contributed by atoms with Gasteiger partial charge in [0.1, 0.15) is 0 Å². The highest BCUT2D eigenvalue weighted by Crippen LogP contribution is 2.48. The Bertz CT molecular complexity index is 205. The van der Waals surface area contributed by atoms with Crippen LogP contribution in [0.1, 0.15) is 6.42 Å². The SMILES string of the molecule is ClC1=CC2C=CC1(Cl)C2. The van der Waals surface area contributed by atoms with E-state index in [2.05, 4.69) is 6.08 Å². The summed E-state index contributed by atoms with van der Waals surface area (Å²) in [5.41, 5.74) is 0. The topological polar surface area (TPSA) is 0 Å². The molecule has 0 heterocycles. The molecule has 2 heteroatoms. The lowest BCUT2D eigenvalue weighted by Crippen LogP contribution is -2.11. The number of rotatable bonds is 0. The van der Waals surface area contributed by atoms with E-state index in [-0.39, 0.29) is 4.87 Å². The molecule has 2 aliphatic carbocycles. The number of allylic oxidation sites excluding steroid dienone is 4. The van der Waals surface area contributed by atoms with E-state index in [1.54, 1.807) is 0 Å². The Kier molecular flexibility index (Phi) is 1.01. The fraction of sp³-hybridized carbons (Fsp3) is 0.429. The van der Waals surface area contributed by atoms with E-state index in [0.29, 0.717) is 5.92 Å². The molecule has 0 radical (unpaired) electrons. The van der Waals surface area contributed by atoms with Crippen molar-refractivity contribution in [3.8, 4) is 0 Å². The first-order valence-electron chi connectivity index (χ1n) is 2.97. The summed E-state index contributed by atoms with van der Waals surface area (Å²) in [6.45, 7) is 0. The normalized spacial score (nSPS) is 46.0. The Morgan fingerprint density at radius 3 is 2.67 bits per heavy atom. The van der Waals surface area contributed by atoms with Gasteiger partial charge in [-0.2, -0.15) is 0 Å². The third kappa shape index (κ3) is 0.667. The van der Waals surface area contributed by atoms with Crippen molar-refractivity contribution < 1.29 is 0 Å². The van der Waals surface area contributed by atoms with Gasteiger partial charge in [-0.05, 0) is 12.3 Å². The van der Waals surface area contributed by atoms with E-state index in [4.69, 9.17) is 23.2 Å². The summed E-state index contributed by atoms with van der Waals surface area (Å²) in [7, 11) is 0. The molecule has 0 aromatic rings. The molecule has 0 fully saturated rings. The van der Waals surface area contributed by atoms with Crippen LogP contribution in [-0.4, -0.2) is 4.87 Å². The predicted molar refractivity (Wildman–Crippen MR) is 39.8 cm³/mol. The van der Waals surface area contributed by atoms with Crippen LogP contribution in [0.4, 0.5) is 0 Å². The van der Waals surface area contributed by atoms with E-state index in [1.807, 2.05) is 12.2 Å². The fourth-order valence-corrected chi connectivity index (χ4v) is 1.99. The number of hydrogen-bond donors (Lipinski definition) is 0. The van der Waals surface area contributed by atoms with Gasteiger partial charge >= 0.3 is 0 Å². The van der Waals surface area contributed by atoms with Crippen molar-refractivity contribution >= 4 is 23.2 Å². The molecule has 2 aliphatic rings. The minimum Gasteiger partial charge on any atom is -0.109 e. The molecule has 0 spiro atoms. The first kappa shape index (κ1) is 5.82. The lowest BCUT2D eigenvalue weighted by atomic mass is 10.1. The zero-order valence-electron chi connectivity index (χ0n) is 4.77. The molecule has 2 rings (SSSR count). The summed E-state index contributed by atoms with van der Waals surface area (Å²) in [5, 5.41) is 0.802. The van der Waals surface area contributed by atoms with Crippen molar-refractivity contribution in [2.75, 3.05) is 0 Å². The molecule has 2 atom stereocenters. The van der Waals surface area contributed by atoms with Crippen LogP contribution in [-0.2, 0) is 0 Å². The molecular weight excluding hydrogens is 155 g/mol.